The van der Waals surface area contributed by atoms with E-state index in [4.69, 9.17) is 10.5 Å². The van der Waals surface area contributed by atoms with Gasteiger partial charge in [-0.15, -0.1) is 0 Å². The van der Waals surface area contributed by atoms with E-state index in [0.717, 1.165) is 23.1 Å². The molecule has 3 rings (SSSR count). The van der Waals surface area contributed by atoms with Crippen LogP contribution in [0, 0.1) is 0 Å². The highest BCUT2D eigenvalue weighted by Gasteiger charge is 2.11. The summed E-state index contributed by atoms with van der Waals surface area (Å²) in [6, 6.07) is 18.6. The Morgan fingerprint density at radius 1 is 1.00 bits per heavy atom. The molecule has 0 aliphatic carbocycles. The number of carbonyl (C=O) groups excluding carboxylic acids is 1. The molecule has 0 radical (unpaired) electrons. The van der Waals surface area contributed by atoms with Crippen molar-refractivity contribution in [3.05, 3.63) is 66.2 Å². The number of methoxy groups -OCH3 is 1. The number of pyridine rings is 1. The van der Waals surface area contributed by atoms with Gasteiger partial charge in [0.05, 0.1) is 12.8 Å². The largest absolute Gasteiger partial charge is 0.481 e. The van der Waals surface area contributed by atoms with Crippen LogP contribution in [0.3, 0.4) is 0 Å². The molecule has 0 atom stereocenters. The topological polar surface area (TPSA) is 77.2 Å². The number of aldehydes is 1. The number of aromatic nitrogens is 1. The fourth-order valence-electron chi connectivity index (χ4n) is 2.47. The number of anilines is 3. The van der Waals surface area contributed by atoms with Gasteiger partial charge in [-0.2, -0.15) is 4.98 Å². The second-order valence-corrected chi connectivity index (χ2v) is 5.17. The van der Waals surface area contributed by atoms with Gasteiger partial charge in [0.2, 0.25) is 5.88 Å². The van der Waals surface area contributed by atoms with E-state index >= 15 is 0 Å². The Hall–Kier alpha value is -3.34. The highest BCUT2D eigenvalue weighted by atomic mass is 16.5. The molecule has 0 fully saturated rings. The summed E-state index contributed by atoms with van der Waals surface area (Å²) in [5.41, 5.74) is 9.67. The lowest BCUT2D eigenvalue weighted by atomic mass is 9.99. The van der Waals surface area contributed by atoms with E-state index in [1.165, 1.54) is 0 Å². The lowest BCUT2D eigenvalue weighted by molar-refractivity contribution is 0.112. The number of nitrogens with two attached hydrogens (primary N) is 1. The molecule has 0 aliphatic heterocycles. The van der Waals surface area contributed by atoms with E-state index < -0.39 is 0 Å². The number of para-hydroxylation sites is 1. The summed E-state index contributed by atoms with van der Waals surface area (Å²) in [4.78, 5) is 15.7. The van der Waals surface area contributed by atoms with Crippen molar-refractivity contribution in [1.82, 2.24) is 4.98 Å². The first-order valence-electron chi connectivity index (χ1n) is 7.44. The summed E-state index contributed by atoms with van der Waals surface area (Å²) in [5.74, 6) is 0.975. The lowest BCUT2D eigenvalue weighted by Crippen LogP contribution is -2.02. The zero-order valence-corrected chi connectivity index (χ0v) is 13.2. The standard InChI is InChI=1S/C19H17N3O2/c1-24-18-11-10-16(20)19(22-18)21-17-9-5-4-8-15(17)14-7-3-2-6-13(14)12-23/h2-12H,20H2,1H3,(H,21,22). The van der Waals surface area contributed by atoms with Crippen LogP contribution in [-0.4, -0.2) is 18.4 Å². The van der Waals surface area contributed by atoms with Gasteiger partial charge in [-0.3, -0.25) is 4.79 Å². The zero-order valence-electron chi connectivity index (χ0n) is 13.2. The average molecular weight is 319 g/mol. The van der Waals surface area contributed by atoms with Crippen LogP contribution in [0.4, 0.5) is 17.2 Å². The minimum atomic E-state index is 0.470. The van der Waals surface area contributed by atoms with E-state index in [9.17, 15) is 4.79 Å². The average Bonchev–Trinajstić information content (AvgIpc) is 2.64. The molecule has 5 nitrogen and oxygen atoms in total. The van der Waals surface area contributed by atoms with Gasteiger partial charge in [0.15, 0.2) is 12.1 Å². The van der Waals surface area contributed by atoms with Gasteiger partial charge in [-0.05, 0) is 17.7 Å². The third-order valence-corrected chi connectivity index (χ3v) is 3.67. The van der Waals surface area contributed by atoms with Crippen molar-refractivity contribution in [2.24, 2.45) is 0 Å². The van der Waals surface area contributed by atoms with Crippen LogP contribution in [0.1, 0.15) is 10.4 Å². The maximum absolute atomic E-state index is 11.3. The number of hydrogen-bond donors (Lipinski definition) is 2. The first-order chi connectivity index (χ1) is 11.7. The molecule has 1 aromatic heterocycles. The third-order valence-electron chi connectivity index (χ3n) is 3.67. The first kappa shape index (κ1) is 15.6. The molecular formula is C19H17N3O2. The summed E-state index contributed by atoms with van der Waals surface area (Å²) in [5, 5.41) is 3.23. The number of carbonyl (C=O) groups is 1. The van der Waals surface area contributed by atoms with Crippen molar-refractivity contribution < 1.29 is 9.53 Å². The number of rotatable bonds is 5. The van der Waals surface area contributed by atoms with Crippen LogP contribution in [0.5, 0.6) is 5.88 Å². The molecule has 120 valence electrons. The van der Waals surface area contributed by atoms with Crippen LogP contribution in [0.25, 0.3) is 11.1 Å². The summed E-state index contributed by atoms with van der Waals surface area (Å²) < 4.78 is 5.15. The van der Waals surface area contributed by atoms with Gasteiger partial charge in [-0.25, -0.2) is 0 Å². The Labute approximate surface area is 140 Å². The summed E-state index contributed by atoms with van der Waals surface area (Å²) >= 11 is 0. The smallest absolute Gasteiger partial charge is 0.215 e. The molecule has 0 spiro atoms. The highest BCUT2D eigenvalue weighted by Crippen LogP contribution is 2.33. The predicted molar refractivity (Wildman–Crippen MR) is 95.7 cm³/mol. The fourth-order valence-corrected chi connectivity index (χ4v) is 2.47. The summed E-state index contributed by atoms with van der Waals surface area (Å²) in [7, 11) is 1.55. The number of nitrogens with zero attached hydrogens (tertiary/aromatic N) is 1. The molecule has 0 bridgehead atoms. The Kier molecular flexibility index (Phi) is 4.43. The Bertz CT molecular complexity index is 878. The molecule has 3 N–H and O–H groups in total. The van der Waals surface area contributed by atoms with Crippen LogP contribution in [-0.2, 0) is 0 Å². The number of nitrogen functional groups attached to an aromatic ring is 1. The van der Waals surface area contributed by atoms with Crippen molar-refractivity contribution in [2.75, 3.05) is 18.2 Å². The van der Waals surface area contributed by atoms with Crippen LogP contribution in [0.15, 0.2) is 60.7 Å². The molecule has 2 aromatic carbocycles. The van der Waals surface area contributed by atoms with Gasteiger partial charge < -0.3 is 15.8 Å². The van der Waals surface area contributed by atoms with E-state index in [1.807, 2.05) is 42.5 Å². The minimum absolute atomic E-state index is 0.470. The number of benzene rings is 2. The van der Waals surface area contributed by atoms with Gasteiger partial charge in [0, 0.05) is 22.9 Å². The second-order valence-electron chi connectivity index (χ2n) is 5.17. The SMILES string of the molecule is COc1ccc(N)c(Nc2ccccc2-c2ccccc2C=O)n1. The minimum Gasteiger partial charge on any atom is -0.481 e. The highest BCUT2D eigenvalue weighted by molar-refractivity contribution is 5.92. The van der Waals surface area contributed by atoms with Gasteiger partial charge in [-0.1, -0.05) is 42.5 Å². The number of hydrogen-bond acceptors (Lipinski definition) is 5. The normalized spacial score (nSPS) is 10.2. The zero-order chi connectivity index (χ0) is 16.9. The summed E-state index contributed by atoms with van der Waals surface area (Å²) in [6.45, 7) is 0. The van der Waals surface area contributed by atoms with Crippen molar-refractivity contribution in [2.45, 2.75) is 0 Å². The summed E-state index contributed by atoms with van der Waals surface area (Å²) in [6.07, 6.45) is 0.851. The molecule has 0 aliphatic rings. The Balaban J connectivity index is 2.06. The number of ether oxygens (including phenoxy) is 1. The maximum Gasteiger partial charge on any atom is 0.215 e. The van der Waals surface area contributed by atoms with E-state index in [0.29, 0.717) is 22.9 Å². The van der Waals surface area contributed by atoms with E-state index in [1.54, 1.807) is 25.3 Å². The lowest BCUT2D eigenvalue weighted by Gasteiger charge is -2.14. The Morgan fingerprint density at radius 3 is 2.46 bits per heavy atom. The first-order valence-corrected chi connectivity index (χ1v) is 7.44. The molecule has 5 heteroatoms. The van der Waals surface area contributed by atoms with Crippen LogP contribution < -0.4 is 15.8 Å². The quantitative estimate of drug-likeness (QED) is 0.698. The van der Waals surface area contributed by atoms with Crippen molar-refractivity contribution in [3.8, 4) is 17.0 Å². The van der Waals surface area contributed by atoms with Crippen molar-refractivity contribution in [1.29, 1.82) is 0 Å². The maximum atomic E-state index is 11.3. The van der Waals surface area contributed by atoms with Crippen LogP contribution >= 0.6 is 0 Å². The molecule has 1 heterocycles. The number of nitrogens with one attached hydrogen (secondary N) is 1. The molecule has 0 saturated heterocycles. The van der Waals surface area contributed by atoms with E-state index in [-0.39, 0.29) is 0 Å². The van der Waals surface area contributed by atoms with Gasteiger partial charge >= 0.3 is 0 Å². The second kappa shape index (κ2) is 6.83. The molecule has 0 unspecified atom stereocenters. The molecule has 0 saturated carbocycles. The third kappa shape index (κ3) is 3.05. The molecule has 0 amide bonds. The van der Waals surface area contributed by atoms with Crippen molar-refractivity contribution >= 4 is 23.5 Å². The molecular weight excluding hydrogens is 302 g/mol. The Morgan fingerprint density at radius 2 is 1.71 bits per heavy atom. The predicted octanol–water partition coefficient (Wildman–Crippen LogP) is 3.90. The molecule has 3 aromatic rings. The van der Waals surface area contributed by atoms with E-state index in [2.05, 4.69) is 10.3 Å². The monoisotopic (exact) mass is 319 g/mol. The fraction of sp³-hybridized carbons (Fsp3) is 0.0526. The van der Waals surface area contributed by atoms with Gasteiger partial charge in [0.25, 0.3) is 0 Å². The van der Waals surface area contributed by atoms with Crippen molar-refractivity contribution in [3.63, 3.8) is 0 Å². The van der Waals surface area contributed by atoms with Gasteiger partial charge in [0.1, 0.15) is 0 Å². The molecule has 24 heavy (non-hydrogen) atoms. The van der Waals surface area contributed by atoms with Crippen LogP contribution in [0.2, 0.25) is 0 Å².